The highest BCUT2D eigenvalue weighted by Crippen LogP contribution is 2.37. The van der Waals surface area contributed by atoms with Gasteiger partial charge in [0.15, 0.2) is 6.10 Å². The molecule has 0 radical (unpaired) electrons. The van der Waals surface area contributed by atoms with E-state index in [1.165, 1.54) is 6.07 Å². The maximum absolute atomic E-state index is 13.0. The van der Waals surface area contributed by atoms with Crippen LogP contribution in [0, 0.1) is 6.92 Å². The molecule has 9 heteroatoms. The quantitative estimate of drug-likeness (QED) is 0.725. The molecule has 0 spiro atoms. The molecule has 1 aliphatic rings. The van der Waals surface area contributed by atoms with Crippen LogP contribution < -0.4 is 19.1 Å². The van der Waals surface area contributed by atoms with Crippen LogP contribution in [0.3, 0.4) is 0 Å². The summed E-state index contributed by atoms with van der Waals surface area (Å²) < 4.78 is 36.9. The number of rotatable bonds is 6. The molecule has 0 saturated carbocycles. The average Bonchev–Trinajstić information content (AvgIpc) is 2.70. The number of nitrogens with one attached hydrogen (secondary N) is 1. The second-order valence-corrected chi connectivity index (χ2v) is 9.55. The van der Waals surface area contributed by atoms with Crippen molar-refractivity contribution >= 4 is 33.2 Å². The van der Waals surface area contributed by atoms with Crippen LogP contribution in [0.2, 0.25) is 5.02 Å². The second kappa shape index (κ2) is 8.73. The summed E-state index contributed by atoms with van der Waals surface area (Å²) in [5.74, 6) is 0.684. The molecule has 0 aromatic heterocycles. The first kappa shape index (κ1) is 22.2. The topological polar surface area (TPSA) is 84.9 Å². The van der Waals surface area contributed by atoms with E-state index in [2.05, 4.69) is 5.32 Å². The number of nitrogens with zero attached hydrogens (tertiary/aromatic N) is 1. The Balaban J connectivity index is 1.84. The molecule has 162 valence electrons. The van der Waals surface area contributed by atoms with E-state index in [4.69, 9.17) is 21.1 Å². The molecule has 1 heterocycles. The van der Waals surface area contributed by atoms with Crippen molar-refractivity contribution < 1.29 is 22.7 Å². The Morgan fingerprint density at radius 2 is 2.07 bits per heavy atom. The minimum absolute atomic E-state index is 0.129. The lowest BCUT2D eigenvalue weighted by Crippen LogP contribution is -2.51. The molecule has 2 aromatic carbocycles. The Hall–Kier alpha value is -2.45. The SMILES string of the molecule is CC[C@@H](NC(=O)[C@H]1CN(S(C)(=O)=O)c2cc(Cl)ccc2O1)c1ccc(OC)c(C)c1. The maximum atomic E-state index is 13.0. The summed E-state index contributed by atoms with van der Waals surface area (Å²) in [5.41, 5.74) is 2.23. The normalized spacial score (nSPS) is 17.0. The van der Waals surface area contributed by atoms with E-state index in [0.29, 0.717) is 22.9 Å². The van der Waals surface area contributed by atoms with Gasteiger partial charge < -0.3 is 14.8 Å². The van der Waals surface area contributed by atoms with E-state index in [1.807, 2.05) is 32.0 Å². The monoisotopic (exact) mass is 452 g/mol. The molecule has 30 heavy (non-hydrogen) atoms. The molecule has 0 aliphatic carbocycles. The smallest absolute Gasteiger partial charge is 0.263 e. The largest absolute Gasteiger partial charge is 0.496 e. The number of carbonyl (C=O) groups excluding carboxylic acids is 1. The minimum Gasteiger partial charge on any atom is -0.496 e. The predicted molar refractivity (Wildman–Crippen MR) is 117 cm³/mol. The predicted octanol–water partition coefficient (Wildman–Crippen LogP) is 3.45. The summed E-state index contributed by atoms with van der Waals surface area (Å²) in [7, 11) is -2.01. The molecule has 2 atom stereocenters. The Bertz CT molecular complexity index is 1060. The number of hydrogen-bond donors (Lipinski definition) is 1. The van der Waals surface area contributed by atoms with E-state index in [9.17, 15) is 13.2 Å². The van der Waals surface area contributed by atoms with E-state index in [-0.39, 0.29) is 18.5 Å². The molecule has 2 aromatic rings. The van der Waals surface area contributed by atoms with Crippen molar-refractivity contribution in [2.75, 3.05) is 24.2 Å². The number of carbonyl (C=O) groups is 1. The molecular weight excluding hydrogens is 428 g/mol. The van der Waals surface area contributed by atoms with Crippen LogP contribution in [0.1, 0.15) is 30.5 Å². The third kappa shape index (κ3) is 4.65. The molecule has 0 fully saturated rings. The molecule has 1 aliphatic heterocycles. The number of ether oxygens (including phenoxy) is 2. The second-order valence-electron chi connectivity index (χ2n) is 7.21. The highest BCUT2D eigenvalue weighted by molar-refractivity contribution is 7.92. The number of methoxy groups -OCH3 is 1. The molecule has 0 unspecified atom stereocenters. The number of halogens is 1. The van der Waals surface area contributed by atoms with Crippen molar-refractivity contribution in [3.05, 3.63) is 52.5 Å². The lowest BCUT2D eigenvalue weighted by Gasteiger charge is -2.34. The average molecular weight is 453 g/mol. The summed E-state index contributed by atoms with van der Waals surface area (Å²) in [6, 6.07) is 10.2. The zero-order valence-corrected chi connectivity index (χ0v) is 18.9. The molecule has 0 bridgehead atoms. The zero-order chi connectivity index (χ0) is 22.1. The number of aryl methyl sites for hydroxylation is 1. The van der Waals surface area contributed by atoms with Crippen molar-refractivity contribution in [2.45, 2.75) is 32.4 Å². The standard InChI is InChI=1S/C21H25ClN2O5S/c1-5-16(14-6-8-18(28-3)13(2)10-14)23-21(25)20-12-24(30(4,26)27)17-11-15(22)7-9-19(17)29-20/h6-11,16,20H,5,12H2,1-4H3,(H,23,25)/t16-,20-/m1/s1. The maximum Gasteiger partial charge on any atom is 0.263 e. The van der Waals surface area contributed by atoms with Gasteiger partial charge in [0.1, 0.15) is 11.5 Å². The summed E-state index contributed by atoms with van der Waals surface area (Å²) >= 11 is 6.02. The Morgan fingerprint density at radius 3 is 2.67 bits per heavy atom. The van der Waals surface area contributed by atoms with E-state index in [1.54, 1.807) is 19.2 Å². The molecule has 3 rings (SSSR count). The Morgan fingerprint density at radius 1 is 1.33 bits per heavy atom. The van der Waals surface area contributed by atoms with Crippen molar-refractivity contribution in [2.24, 2.45) is 0 Å². The van der Waals surface area contributed by atoms with Gasteiger partial charge in [0.2, 0.25) is 10.0 Å². The summed E-state index contributed by atoms with van der Waals surface area (Å²) in [4.78, 5) is 13.0. The fourth-order valence-electron chi connectivity index (χ4n) is 3.48. The molecule has 7 nitrogen and oxygen atoms in total. The highest BCUT2D eigenvalue weighted by Gasteiger charge is 2.35. The van der Waals surface area contributed by atoms with Gasteiger partial charge in [-0.25, -0.2) is 8.42 Å². The van der Waals surface area contributed by atoms with Gasteiger partial charge in [-0.2, -0.15) is 0 Å². The van der Waals surface area contributed by atoms with Crippen LogP contribution in [0.4, 0.5) is 5.69 Å². The van der Waals surface area contributed by atoms with Crippen LogP contribution in [-0.2, 0) is 14.8 Å². The van der Waals surface area contributed by atoms with Crippen molar-refractivity contribution in [3.8, 4) is 11.5 Å². The van der Waals surface area contributed by atoms with Crippen molar-refractivity contribution in [1.29, 1.82) is 0 Å². The first-order valence-electron chi connectivity index (χ1n) is 9.52. The highest BCUT2D eigenvalue weighted by atomic mass is 35.5. The Labute approximate surface area is 182 Å². The van der Waals surface area contributed by atoms with E-state index in [0.717, 1.165) is 27.4 Å². The molecule has 0 saturated heterocycles. The number of sulfonamides is 1. The lowest BCUT2D eigenvalue weighted by atomic mass is 10.0. The summed E-state index contributed by atoms with van der Waals surface area (Å²) in [6.07, 6.45) is 0.765. The van der Waals surface area contributed by atoms with Gasteiger partial charge in [-0.15, -0.1) is 0 Å². The first-order valence-corrected chi connectivity index (χ1v) is 11.8. The summed E-state index contributed by atoms with van der Waals surface area (Å²) in [5, 5.41) is 3.36. The van der Waals surface area contributed by atoms with Gasteiger partial charge in [-0.1, -0.05) is 30.7 Å². The summed E-state index contributed by atoms with van der Waals surface area (Å²) in [6.45, 7) is 3.77. The minimum atomic E-state index is -3.62. The van der Waals surface area contributed by atoms with Crippen molar-refractivity contribution in [3.63, 3.8) is 0 Å². The third-order valence-electron chi connectivity index (χ3n) is 5.03. The van der Waals surface area contributed by atoms with Gasteiger partial charge in [0, 0.05) is 5.02 Å². The van der Waals surface area contributed by atoms with Gasteiger partial charge in [0.05, 0.1) is 31.6 Å². The van der Waals surface area contributed by atoms with Crippen LogP contribution >= 0.6 is 11.6 Å². The molecule has 1 amide bonds. The third-order valence-corrected chi connectivity index (χ3v) is 6.41. The van der Waals surface area contributed by atoms with Gasteiger partial charge in [-0.05, 0) is 48.7 Å². The number of amides is 1. The zero-order valence-electron chi connectivity index (χ0n) is 17.3. The lowest BCUT2D eigenvalue weighted by molar-refractivity contribution is -0.128. The fourth-order valence-corrected chi connectivity index (χ4v) is 4.55. The van der Waals surface area contributed by atoms with Crippen LogP contribution in [-0.4, -0.2) is 40.3 Å². The Kier molecular flexibility index (Phi) is 6.47. The van der Waals surface area contributed by atoms with Gasteiger partial charge >= 0.3 is 0 Å². The van der Waals surface area contributed by atoms with Gasteiger partial charge in [0.25, 0.3) is 5.91 Å². The first-order chi connectivity index (χ1) is 14.1. The number of hydrogen-bond acceptors (Lipinski definition) is 5. The van der Waals surface area contributed by atoms with Crippen LogP contribution in [0.5, 0.6) is 11.5 Å². The molecular formula is C21H25ClN2O5S. The van der Waals surface area contributed by atoms with E-state index >= 15 is 0 Å². The van der Waals surface area contributed by atoms with Gasteiger partial charge in [-0.3, -0.25) is 9.10 Å². The number of anilines is 1. The number of fused-ring (bicyclic) bond motifs is 1. The fraction of sp³-hybridized carbons (Fsp3) is 0.381. The number of benzene rings is 2. The van der Waals surface area contributed by atoms with Crippen LogP contribution in [0.25, 0.3) is 0 Å². The van der Waals surface area contributed by atoms with Crippen LogP contribution in [0.15, 0.2) is 36.4 Å². The van der Waals surface area contributed by atoms with E-state index < -0.39 is 16.1 Å². The van der Waals surface area contributed by atoms with Crippen molar-refractivity contribution in [1.82, 2.24) is 5.32 Å². The molecule has 1 N–H and O–H groups in total.